The van der Waals surface area contributed by atoms with Gasteiger partial charge in [-0.05, 0) is 36.4 Å². The maximum atomic E-state index is 12.5. The van der Waals surface area contributed by atoms with E-state index in [2.05, 4.69) is 10.6 Å². The molecule has 2 N–H and O–H groups in total. The highest BCUT2D eigenvalue weighted by Gasteiger charge is 2.20. The molecule has 0 atom stereocenters. The van der Waals surface area contributed by atoms with Crippen molar-refractivity contribution in [2.24, 2.45) is 0 Å². The summed E-state index contributed by atoms with van der Waals surface area (Å²) in [5, 5.41) is 7.88. The van der Waals surface area contributed by atoms with Gasteiger partial charge in [0.2, 0.25) is 5.91 Å². The Kier molecular flexibility index (Phi) is 5.08. The van der Waals surface area contributed by atoms with Crippen LogP contribution < -0.4 is 10.6 Å². The molecular weight excluding hydrogens is 308 g/mol. The fourth-order valence-corrected chi connectivity index (χ4v) is 3.59. The number of carbonyl (C=O) groups is 2. The van der Waals surface area contributed by atoms with Gasteiger partial charge in [-0.15, -0.1) is 11.3 Å². The lowest BCUT2D eigenvalue weighted by molar-refractivity contribution is -0.115. The second-order valence-electron chi connectivity index (χ2n) is 5.80. The Labute approximate surface area is 139 Å². The predicted molar refractivity (Wildman–Crippen MR) is 92.8 cm³/mol. The number of rotatable bonds is 5. The van der Waals surface area contributed by atoms with Gasteiger partial charge in [0.25, 0.3) is 5.91 Å². The van der Waals surface area contributed by atoms with E-state index in [1.165, 1.54) is 12.8 Å². The molecule has 1 aliphatic rings. The lowest BCUT2D eigenvalue weighted by atomic mass is 10.1. The van der Waals surface area contributed by atoms with Gasteiger partial charge in [0, 0.05) is 10.9 Å². The van der Waals surface area contributed by atoms with Crippen LogP contribution in [0.25, 0.3) is 0 Å². The fraction of sp³-hybridized carbons (Fsp3) is 0.333. The standard InChI is InChI=1S/C18H20N2O2S/c21-17(12-14-8-5-11-23-14)20-16-10-4-3-9-15(16)18(22)19-13-6-1-2-7-13/h3-5,8-11,13H,1-2,6-7,12H2,(H,19,22)(H,20,21). The summed E-state index contributed by atoms with van der Waals surface area (Å²) in [7, 11) is 0. The highest BCUT2D eigenvalue weighted by atomic mass is 32.1. The second kappa shape index (κ2) is 7.42. The molecule has 0 unspecified atom stereocenters. The Morgan fingerprint density at radius 2 is 1.87 bits per heavy atom. The number of anilines is 1. The number of para-hydroxylation sites is 1. The van der Waals surface area contributed by atoms with Crippen molar-refractivity contribution in [3.63, 3.8) is 0 Å². The van der Waals surface area contributed by atoms with Crippen LogP contribution in [0, 0.1) is 0 Å². The number of nitrogens with one attached hydrogen (secondary N) is 2. The molecule has 23 heavy (non-hydrogen) atoms. The number of thiophene rings is 1. The maximum absolute atomic E-state index is 12.5. The van der Waals surface area contributed by atoms with Gasteiger partial charge >= 0.3 is 0 Å². The summed E-state index contributed by atoms with van der Waals surface area (Å²) in [6.45, 7) is 0. The van der Waals surface area contributed by atoms with Crippen LogP contribution >= 0.6 is 11.3 Å². The Bertz CT molecular complexity index is 676. The average molecular weight is 328 g/mol. The van der Waals surface area contributed by atoms with Crippen molar-refractivity contribution in [1.82, 2.24) is 5.32 Å². The number of carbonyl (C=O) groups excluding carboxylic acids is 2. The van der Waals surface area contributed by atoms with Crippen LogP contribution in [0.1, 0.15) is 40.9 Å². The molecule has 5 heteroatoms. The van der Waals surface area contributed by atoms with Crippen molar-refractivity contribution in [3.05, 3.63) is 52.2 Å². The summed E-state index contributed by atoms with van der Waals surface area (Å²) in [5.74, 6) is -0.211. The normalized spacial score (nSPS) is 14.6. The molecule has 0 aliphatic heterocycles. The van der Waals surface area contributed by atoms with Gasteiger partial charge in [0.05, 0.1) is 17.7 Å². The molecule has 1 aromatic heterocycles. The molecule has 120 valence electrons. The van der Waals surface area contributed by atoms with Crippen LogP contribution in [0.4, 0.5) is 5.69 Å². The van der Waals surface area contributed by atoms with E-state index >= 15 is 0 Å². The zero-order valence-electron chi connectivity index (χ0n) is 12.9. The van der Waals surface area contributed by atoms with E-state index in [9.17, 15) is 9.59 Å². The Morgan fingerprint density at radius 1 is 1.09 bits per heavy atom. The van der Waals surface area contributed by atoms with Gasteiger partial charge in [-0.2, -0.15) is 0 Å². The minimum atomic E-state index is -0.107. The molecule has 1 saturated carbocycles. The van der Waals surface area contributed by atoms with Crippen molar-refractivity contribution < 1.29 is 9.59 Å². The summed E-state index contributed by atoms with van der Waals surface area (Å²) >= 11 is 1.55. The van der Waals surface area contributed by atoms with E-state index in [1.807, 2.05) is 29.6 Å². The fourth-order valence-electron chi connectivity index (χ4n) is 2.89. The summed E-state index contributed by atoms with van der Waals surface area (Å²) < 4.78 is 0. The molecule has 2 amide bonds. The van der Waals surface area contributed by atoms with Gasteiger partial charge in [0.1, 0.15) is 0 Å². The summed E-state index contributed by atoms with van der Waals surface area (Å²) in [6.07, 6.45) is 4.75. The minimum absolute atomic E-state index is 0.103. The highest BCUT2D eigenvalue weighted by molar-refractivity contribution is 7.10. The third-order valence-corrected chi connectivity index (χ3v) is 4.93. The van der Waals surface area contributed by atoms with Gasteiger partial charge in [-0.3, -0.25) is 9.59 Å². The van der Waals surface area contributed by atoms with Crippen LogP contribution in [0.3, 0.4) is 0 Å². The van der Waals surface area contributed by atoms with Crippen LogP contribution in [0.15, 0.2) is 41.8 Å². The average Bonchev–Trinajstić information content (AvgIpc) is 3.21. The zero-order chi connectivity index (χ0) is 16.1. The van der Waals surface area contributed by atoms with Crippen molar-refractivity contribution >= 4 is 28.8 Å². The van der Waals surface area contributed by atoms with E-state index in [-0.39, 0.29) is 17.9 Å². The van der Waals surface area contributed by atoms with Crippen LogP contribution in [-0.4, -0.2) is 17.9 Å². The molecule has 4 nitrogen and oxygen atoms in total. The van der Waals surface area contributed by atoms with Crippen LogP contribution in [0.2, 0.25) is 0 Å². The van der Waals surface area contributed by atoms with Crippen molar-refractivity contribution in [2.75, 3.05) is 5.32 Å². The summed E-state index contributed by atoms with van der Waals surface area (Å²) in [4.78, 5) is 25.6. The first-order valence-corrected chi connectivity index (χ1v) is 8.82. The molecular formula is C18H20N2O2S. The lowest BCUT2D eigenvalue weighted by Crippen LogP contribution is -2.33. The number of benzene rings is 1. The van der Waals surface area contributed by atoms with E-state index in [1.54, 1.807) is 23.5 Å². The first-order valence-electron chi connectivity index (χ1n) is 7.94. The predicted octanol–water partition coefficient (Wildman–Crippen LogP) is 3.60. The third kappa shape index (κ3) is 4.20. The molecule has 0 saturated heterocycles. The number of amides is 2. The topological polar surface area (TPSA) is 58.2 Å². The van der Waals surface area contributed by atoms with Crippen LogP contribution in [-0.2, 0) is 11.2 Å². The third-order valence-electron chi connectivity index (χ3n) is 4.05. The quantitative estimate of drug-likeness (QED) is 0.881. The van der Waals surface area contributed by atoms with Gasteiger partial charge in [0.15, 0.2) is 0 Å². The van der Waals surface area contributed by atoms with E-state index in [4.69, 9.17) is 0 Å². The van der Waals surface area contributed by atoms with Crippen LogP contribution in [0.5, 0.6) is 0 Å². The first-order chi connectivity index (χ1) is 11.2. The minimum Gasteiger partial charge on any atom is -0.349 e. The SMILES string of the molecule is O=C(Cc1cccs1)Nc1ccccc1C(=O)NC1CCCC1. The highest BCUT2D eigenvalue weighted by Crippen LogP contribution is 2.20. The molecule has 0 radical (unpaired) electrons. The molecule has 0 bridgehead atoms. The van der Waals surface area contributed by atoms with Crippen molar-refractivity contribution in [3.8, 4) is 0 Å². The van der Waals surface area contributed by atoms with Crippen molar-refractivity contribution in [2.45, 2.75) is 38.1 Å². The Hall–Kier alpha value is -2.14. The Morgan fingerprint density at radius 3 is 2.61 bits per heavy atom. The van der Waals surface area contributed by atoms with E-state index in [0.717, 1.165) is 17.7 Å². The molecule has 1 heterocycles. The summed E-state index contributed by atoms with van der Waals surface area (Å²) in [5.41, 5.74) is 1.10. The first kappa shape index (κ1) is 15.7. The smallest absolute Gasteiger partial charge is 0.253 e. The van der Waals surface area contributed by atoms with Crippen molar-refractivity contribution in [1.29, 1.82) is 0 Å². The summed E-state index contributed by atoms with van der Waals surface area (Å²) in [6, 6.07) is 11.3. The molecule has 3 rings (SSSR count). The molecule has 1 aromatic carbocycles. The molecule has 0 spiro atoms. The molecule has 1 fully saturated rings. The monoisotopic (exact) mass is 328 g/mol. The number of hydrogen-bond acceptors (Lipinski definition) is 3. The molecule has 2 aromatic rings. The largest absolute Gasteiger partial charge is 0.349 e. The van der Waals surface area contributed by atoms with E-state index < -0.39 is 0 Å². The van der Waals surface area contributed by atoms with Gasteiger partial charge in [-0.1, -0.05) is 31.0 Å². The van der Waals surface area contributed by atoms with Gasteiger partial charge < -0.3 is 10.6 Å². The molecule has 1 aliphatic carbocycles. The zero-order valence-corrected chi connectivity index (χ0v) is 13.7. The van der Waals surface area contributed by atoms with E-state index in [0.29, 0.717) is 17.7 Å². The lowest BCUT2D eigenvalue weighted by Gasteiger charge is -2.15. The second-order valence-corrected chi connectivity index (χ2v) is 6.84. The van der Waals surface area contributed by atoms with Gasteiger partial charge in [-0.25, -0.2) is 0 Å². The Balaban J connectivity index is 1.67. The maximum Gasteiger partial charge on any atom is 0.253 e. The number of hydrogen-bond donors (Lipinski definition) is 2.